The number of aryl methyl sites for hydroxylation is 1. The first kappa shape index (κ1) is 30.0. The molecule has 0 radical (unpaired) electrons. The van der Waals surface area contributed by atoms with Gasteiger partial charge < -0.3 is 10.1 Å². The zero-order valence-corrected chi connectivity index (χ0v) is 21.1. The van der Waals surface area contributed by atoms with Crippen LogP contribution in [0.3, 0.4) is 0 Å². The number of carbonyl (C=O) groups is 2. The van der Waals surface area contributed by atoms with E-state index in [4.69, 9.17) is 9.88 Å². The summed E-state index contributed by atoms with van der Waals surface area (Å²) in [4.78, 5) is 25.7. The number of nitrogens with one attached hydrogen (secondary N) is 2. The Bertz CT molecular complexity index is 1370. The molecule has 2 aromatic carbocycles. The number of halogens is 6. The predicted molar refractivity (Wildman–Crippen MR) is 127 cm³/mol. The number of amides is 2. The SMILES string of the molecule is Cc1ccc(C2=C(C(=O)NS(N)(=O)=O)C(=O)NC(c3ccc(OCCCC(F)(F)F)cc3)(C(F)(F)F)C2)cc1. The zero-order chi connectivity index (χ0) is 29.2. The van der Waals surface area contributed by atoms with Crippen LogP contribution in [0.15, 0.2) is 54.1 Å². The van der Waals surface area contributed by atoms with Gasteiger partial charge in [-0.25, -0.2) is 9.86 Å². The summed E-state index contributed by atoms with van der Waals surface area (Å²) < 4.78 is 110. The number of ether oxygens (including phenoxy) is 1. The lowest BCUT2D eigenvalue weighted by molar-refractivity contribution is -0.201. The van der Waals surface area contributed by atoms with E-state index in [0.29, 0.717) is 0 Å². The Labute approximate surface area is 219 Å². The number of hydrogen-bond donors (Lipinski definition) is 3. The summed E-state index contributed by atoms with van der Waals surface area (Å²) in [6.45, 7) is 1.37. The molecule has 2 aromatic rings. The van der Waals surface area contributed by atoms with Crippen molar-refractivity contribution in [1.82, 2.24) is 10.0 Å². The lowest BCUT2D eigenvalue weighted by atomic mass is 9.76. The Morgan fingerprint density at radius 3 is 2.15 bits per heavy atom. The van der Waals surface area contributed by atoms with Crippen LogP contribution in [0, 0.1) is 6.92 Å². The van der Waals surface area contributed by atoms with Crippen LogP contribution < -0.4 is 19.9 Å². The Balaban J connectivity index is 2.04. The monoisotopic (exact) mass is 579 g/mol. The molecule has 1 aliphatic rings. The van der Waals surface area contributed by atoms with Crippen molar-refractivity contribution in [2.75, 3.05) is 6.61 Å². The van der Waals surface area contributed by atoms with E-state index in [1.807, 2.05) is 5.32 Å². The van der Waals surface area contributed by atoms with Crippen LogP contribution in [-0.2, 0) is 25.3 Å². The van der Waals surface area contributed by atoms with Gasteiger partial charge in [-0.15, -0.1) is 0 Å². The highest BCUT2D eigenvalue weighted by Crippen LogP contribution is 2.48. The van der Waals surface area contributed by atoms with Crippen LogP contribution in [0.25, 0.3) is 5.57 Å². The second-order valence-electron chi connectivity index (χ2n) is 8.82. The second kappa shape index (κ2) is 10.9. The Kier molecular flexibility index (Phi) is 8.36. The molecule has 1 atom stereocenters. The van der Waals surface area contributed by atoms with Gasteiger partial charge in [0.25, 0.3) is 22.0 Å². The molecule has 8 nitrogen and oxygen atoms in total. The van der Waals surface area contributed by atoms with Crippen LogP contribution >= 0.6 is 0 Å². The lowest BCUT2D eigenvalue weighted by Crippen LogP contribution is -2.60. The molecule has 0 saturated heterocycles. The maximum Gasteiger partial charge on any atom is 0.416 e. The molecular formula is C24H23F6N3O5S. The van der Waals surface area contributed by atoms with Gasteiger partial charge in [-0.2, -0.15) is 34.8 Å². The smallest absolute Gasteiger partial charge is 0.416 e. The van der Waals surface area contributed by atoms with Gasteiger partial charge in [-0.3, -0.25) is 9.59 Å². The molecule has 15 heteroatoms. The van der Waals surface area contributed by atoms with Crippen LogP contribution in [0.2, 0.25) is 0 Å². The van der Waals surface area contributed by atoms with Gasteiger partial charge in [-0.1, -0.05) is 42.0 Å². The van der Waals surface area contributed by atoms with E-state index in [0.717, 1.165) is 29.8 Å². The molecule has 1 aliphatic heterocycles. The Hall–Kier alpha value is -3.59. The fourth-order valence-electron chi connectivity index (χ4n) is 4.02. The molecule has 0 saturated carbocycles. The predicted octanol–water partition coefficient (Wildman–Crippen LogP) is 3.77. The summed E-state index contributed by atoms with van der Waals surface area (Å²) in [6, 6.07) is 10.0. The van der Waals surface area contributed by atoms with Gasteiger partial charge in [0.05, 0.1) is 6.61 Å². The standard InChI is InChI=1S/C24H23F6N3O5S/c1-14-3-5-15(6-4-14)18-13-22(24(28,29)30,32-20(34)19(18)21(35)33-39(31,36)37)16-7-9-17(10-8-16)38-12-2-11-23(25,26)27/h3-10H,2,11-13H2,1H3,(H,32,34)(H,33,35)(H2,31,36,37). The number of alkyl halides is 6. The first-order valence-electron chi connectivity index (χ1n) is 11.3. The zero-order valence-electron chi connectivity index (χ0n) is 20.2. The lowest BCUT2D eigenvalue weighted by Gasteiger charge is -2.41. The van der Waals surface area contributed by atoms with Crippen molar-refractivity contribution in [3.8, 4) is 5.75 Å². The molecule has 0 fully saturated rings. The Morgan fingerprint density at radius 2 is 1.64 bits per heavy atom. The fourth-order valence-corrected chi connectivity index (χ4v) is 4.38. The third-order valence-corrected chi connectivity index (χ3v) is 6.33. The first-order valence-corrected chi connectivity index (χ1v) is 12.8. The molecular weight excluding hydrogens is 556 g/mol. The van der Waals surface area contributed by atoms with Gasteiger partial charge in [-0.05, 0) is 42.2 Å². The second-order valence-corrected chi connectivity index (χ2v) is 10.1. The van der Waals surface area contributed by atoms with Crippen molar-refractivity contribution in [1.29, 1.82) is 0 Å². The minimum absolute atomic E-state index is 0.00269. The van der Waals surface area contributed by atoms with E-state index < -0.39 is 63.9 Å². The molecule has 212 valence electrons. The molecule has 3 rings (SSSR count). The molecule has 2 amide bonds. The minimum atomic E-state index is -5.12. The molecule has 0 aromatic heterocycles. The largest absolute Gasteiger partial charge is 0.494 e. The Morgan fingerprint density at radius 1 is 1.05 bits per heavy atom. The summed E-state index contributed by atoms with van der Waals surface area (Å²) in [7, 11) is -4.65. The topological polar surface area (TPSA) is 128 Å². The van der Waals surface area contributed by atoms with E-state index in [1.54, 1.807) is 6.92 Å². The summed E-state index contributed by atoms with van der Waals surface area (Å²) in [6.07, 6.45) is -11.9. The number of carbonyl (C=O) groups excluding carboxylic acids is 2. The highest BCUT2D eigenvalue weighted by Gasteiger charge is 2.60. The maximum absolute atomic E-state index is 14.7. The highest BCUT2D eigenvalue weighted by atomic mass is 32.2. The van der Waals surface area contributed by atoms with Crippen molar-refractivity contribution in [2.24, 2.45) is 5.14 Å². The van der Waals surface area contributed by atoms with Crippen molar-refractivity contribution >= 4 is 27.6 Å². The highest BCUT2D eigenvalue weighted by molar-refractivity contribution is 7.87. The minimum Gasteiger partial charge on any atom is -0.494 e. The van der Waals surface area contributed by atoms with Gasteiger partial charge >= 0.3 is 12.4 Å². The van der Waals surface area contributed by atoms with E-state index in [-0.39, 0.29) is 29.9 Å². The summed E-state index contributed by atoms with van der Waals surface area (Å²) in [5, 5.41) is 6.64. The van der Waals surface area contributed by atoms with Crippen molar-refractivity contribution in [2.45, 2.75) is 44.1 Å². The van der Waals surface area contributed by atoms with Crippen molar-refractivity contribution < 1.29 is 49.1 Å². The van der Waals surface area contributed by atoms with Gasteiger partial charge in [0.1, 0.15) is 11.3 Å². The van der Waals surface area contributed by atoms with Crippen LogP contribution in [-0.4, -0.2) is 39.2 Å². The molecule has 1 unspecified atom stereocenters. The quantitative estimate of drug-likeness (QED) is 0.249. The average Bonchev–Trinajstić information content (AvgIpc) is 2.79. The van der Waals surface area contributed by atoms with Crippen molar-refractivity contribution in [3.05, 3.63) is 70.8 Å². The normalized spacial score (nSPS) is 18.5. The van der Waals surface area contributed by atoms with Crippen molar-refractivity contribution in [3.63, 3.8) is 0 Å². The van der Waals surface area contributed by atoms with E-state index in [9.17, 15) is 44.3 Å². The van der Waals surface area contributed by atoms with Gasteiger partial charge in [0, 0.05) is 12.8 Å². The molecule has 0 aliphatic carbocycles. The molecule has 4 N–H and O–H groups in total. The third-order valence-electron chi connectivity index (χ3n) is 5.86. The summed E-state index contributed by atoms with van der Waals surface area (Å²) >= 11 is 0. The number of rotatable bonds is 8. The van der Waals surface area contributed by atoms with Crippen LogP contribution in [0.4, 0.5) is 26.3 Å². The van der Waals surface area contributed by atoms with Crippen LogP contribution in [0.1, 0.15) is 36.0 Å². The van der Waals surface area contributed by atoms with Gasteiger partial charge in [0.2, 0.25) is 0 Å². The fraction of sp³-hybridized carbons (Fsp3) is 0.333. The molecule has 0 spiro atoms. The first-order chi connectivity index (χ1) is 17.9. The number of nitrogens with two attached hydrogens (primary N) is 1. The third kappa shape index (κ3) is 7.29. The van der Waals surface area contributed by atoms with Crippen LogP contribution in [0.5, 0.6) is 5.75 Å². The average molecular weight is 580 g/mol. The van der Waals surface area contributed by atoms with Gasteiger partial charge in [0.15, 0.2) is 5.54 Å². The van der Waals surface area contributed by atoms with E-state index in [1.165, 1.54) is 29.0 Å². The van der Waals surface area contributed by atoms with E-state index >= 15 is 0 Å². The van der Waals surface area contributed by atoms with E-state index in [2.05, 4.69) is 0 Å². The maximum atomic E-state index is 14.7. The molecule has 1 heterocycles. The number of hydrogen-bond acceptors (Lipinski definition) is 5. The number of benzene rings is 2. The summed E-state index contributed by atoms with van der Waals surface area (Å²) in [5.41, 5.74) is -3.97. The summed E-state index contributed by atoms with van der Waals surface area (Å²) in [5.74, 6) is -3.00. The molecule has 39 heavy (non-hydrogen) atoms. The molecule has 0 bridgehead atoms.